The zero-order valence-corrected chi connectivity index (χ0v) is 20.4. The first-order valence-corrected chi connectivity index (χ1v) is 12.2. The first kappa shape index (κ1) is 31.3. The highest BCUT2D eigenvalue weighted by atomic mass is 32.2. The monoisotopic (exact) mass is 523 g/mol. The summed E-state index contributed by atoms with van der Waals surface area (Å²) in [4.78, 5) is 63.7. The van der Waals surface area contributed by atoms with Crippen molar-refractivity contribution < 1.29 is 34.2 Å². The van der Waals surface area contributed by atoms with Gasteiger partial charge in [0, 0.05) is 12.3 Å². The van der Waals surface area contributed by atoms with Crippen molar-refractivity contribution in [2.24, 2.45) is 22.2 Å². The van der Waals surface area contributed by atoms with Gasteiger partial charge in [-0.3, -0.25) is 24.2 Å². The fourth-order valence-electron chi connectivity index (χ4n) is 2.54. The Bertz CT molecular complexity index is 750. The van der Waals surface area contributed by atoms with Crippen molar-refractivity contribution in [1.29, 1.82) is 0 Å². The molecular formula is C18H33N7O7S2. The maximum atomic E-state index is 12.6. The van der Waals surface area contributed by atoms with Gasteiger partial charge in [-0.2, -0.15) is 24.4 Å². The summed E-state index contributed by atoms with van der Waals surface area (Å²) >= 11 is 5.46. The predicted octanol–water partition coefficient (Wildman–Crippen LogP) is -2.94. The fourth-order valence-corrected chi connectivity index (χ4v) is 3.28. The minimum absolute atomic E-state index is 0.0106. The Kier molecular flexibility index (Phi) is 15.5. The number of carboxylic acids is 2. The molecule has 0 aliphatic heterocycles. The Morgan fingerprint density at radius 2 is 1.50 bits per heavy atom. The molecule has 0 aromatic heterocycles. The Hall–Kier alpha value is -2.72. The van der Waals surface area contributed by atoms with E-state index in [0.717, 1.165) is 0 Å². The van der Waals surface area contributed by atoms with Gasteiger partial charge in [0.05, 0.1) is 12.5 Å². The van der Waals surface area contributed by atoms with Gasteiger partial charge >= 0.3 is 11.9 Å². The molecule has 0 aliphatic carbocycles. The van der Waals surface area contributed by atoms with Gasteiger partial charge in [0.25, 0.3) is 0 Å². The van der Waals surface area contributed by atoms with E-state index in [1.165, 1.54) is 11.8 Å². The fraction of sp³-hybridized carbons (Fsp3) is 0.667. The lowest BCUT2D eigenvalue weighted by molar-refractivity contribution is -0.143. The predicted molar refractivity (Wildman–Crippen MR) is 130 cm³/mol. The second-order valence-corrected chi connectivity index (χ2v) is 8.49. The number of rotatable bonds is 17. The average Bonchev–Trinajstić information content (AvgIpc) is 2.76. The lowest BCUT2D eigenvalue weighted by Crippen LogP contribution is -2.58. The van der Waals surface area contributed by atoms with Gasteiger partial charge in [-0.05, 0) is 31.3 Å². The SMILES string of the molecule is CSCCC(N)C(=O)NC(CC(=O)O)C(=O)NC(CS)C(=O)NC(CCCN=C(N)N)C(=O)O. The van der Waals surface area contributed by atoms with Crippen LogP contribution >= 0.6 is 24.4 Å². The number of nitrogens with one attached hydrogen (secondary N) is 3. The number of thiol groups is 1. The van der Waals surface area contributed by atoms with Crippen LogP contribution in [0.2, 0.25) is 0 Å². The third-order valence-corrected chi connectivity index (χ3v) is 5.37. The Balaban J connectivity index is 5.17. The van der Waals surface area contributed by atoms with Crippen LogP contribution in [-0.2, 0) is 24.0 Å². The third-order valence-electron chi connectivity index (χ3n) is 4.36. The summed E-state index contributed by atoms with van der Waals surface area (Å²) in [5.74, 6) is -4.98. The second-order valence-electron chi connectivity index (χ2n) is 7.14. The first-order valence-electron chi connectivity index (χ1n) is 10.2. The highest BCUT2D eigenvalue weighted by Gasteiger charge is 2.30. The number of thioether (sulfide) groups is 1. The van der Waals surface area contributed by atoms with Crippen molar-refractivity contribution in [1.82, 2.24) is 16.0 Å². The van der Waals surface area contributed by atoms with Gasteiger partial charge in [0.1, 0.15) is 18.1 Å². The topological polar surface area (TPSA) is 252 Å². The highest BCUT2D eigenvalue weighted by Crippen LogP contribution is 2.03. The third kappa shape index (κ3) is 13.1. The molecule has 0 radical (unpaired) electrons. The quantitative estimate of drug-likeness (QED) is 0.0403. The highest BCUT2D eigenvalue weighted by molar-refractivity contribution is 7.98. The molecule has 11 N–H and O–H groups in total. The van der Waals surface area contributed by atoms with E-state index in [2.05, 4.69) is 33.6 Å². The molecule has 194 valence electrons. The number of amides is 3. The Morgan fingerprint density at radius 1 is 0.941 bits per heavy atom. The molecule has 4 atom stereocenters. The van der Waals surface area contributed by atoms with Crippen molar-refractivity contribution in [2.45, 2.75) is 49.9 Å². The molecule has 0 aliphatic rings. The molecule has 16 heteroatoms. The molecule has 0 fully saturated rings. The molecule has 0 rings (SSSR count). The van der Waals surface area contributed by atoms with E-state index in [9.17, 15) is 29.1 Å². The van der Waals surface area contributed by atoms with Crippen molar-refractivity contribution >= 4 is 60.0 Å². The molecule has 34 heavy (non-hydrogen) atoms. The molecule has 3 amide bonds. The lowest BCUT2D eigenvalue weighted by atomic mass is 10.1. The van der Waals surface area contributed by atoms with E-state index in [1.807, 2.05) is 6.26 Å². The number of aliphatic imine (C=N–C) groups is 1. The van der Waals surface area contributed by atoms with Crippen LogP contribution in [0.4, 0.5) is 0 Å². The summed E-state index contributed by atoms with van der Waals surface area (Å²) in [6, 6.07) is -5.04. The van der Waals surface area contributed by atoms with Crippen LogP contribution in [0.25, 0.3) is 0 Å². The molecule has 14 nitrogen and oxygen atoms in total. The number of hydrogen-bond acceptors (Lipinski definition) is 9. The van der Waals surface area contributed by atoms with Crippen molar-refractivity contribution in [2.75, 3.05) is 24.3 Å². The molecular weight excluding hydrogens is 490 g/mol. The Labute approximate surface area is 206 Å². The summed E-state index contributed by atoms with van der Waals surface area (Å²) in [5.41, 5.74) is 16.1. The van der Waals surface area contributed by atoms with Crippen LogP contribution in [0.1, 0.15) is 25.7 Å². The zero-order valence-electron chi connectivity index (χ0n) is 18.7. The molecule has 0 aromatic carbocycles. The first-order chi connectivity index (χ1) is 15.9. The minimum atomic E-state index is -1.50. The van der Waals surface area contributed by atoms with Crippen molar-refractivity contribution in [3.05, 3.63) is 0 Å². The van der Waals surface area contributed by atoms with Crippen molar-refractivity contribution in [3.63, 3.8) is 0 Å². The number of nitrogens with two attached hydrogens (primary N) is 3. The summed E-state index contributed by atoms with van der Waals surface area (Å²) in [5, 5.41) is 25.3. The zero-order chi connectivity index (χ0) is 26.3. The van der Waals surface area contributed by atoms with Gasteiger partial charge in [-0.25, -0.2) is 4.79 Å². The van der Waals surface area contributed by atoms with Gasteiger partial charge in [-0.1, -0.05) is 0 Å². The molecule has 0 saturated carbocycles. The van der Waals surface area contributed by atoms with E-state index >= 15 is 0 Å². The van der Waals surface area contributed by atoms with Crippen LogP contribution in [0.15, 0.2) is 4.99 Å². The standard InChI is InChI=1S/C18H33N7O7S2/c1-34-6-4-9(19)14(28)24-11(7-13(26)27)15(29)25-12(8-33)16(30)23-10(17(31)32)3-2-5-22-18(20)21/h9-12,33H,2-8,19H2,1H3,(H,23,30)(H,24,28)(H,25,29)(H,26,27)(H,31,32)(H4,20,21,22). The largest absolute Gasteiger partial charge is 0.481 e. The summed E-state index contributed by atoms with van der Waals surface area (Å²) in [6.07, 6.45) is 1.66. The van der Waals surface area contributed by atoms with Crippen LogP contribution in [0.5, 0.6) is 0 Å². The normalized spacial score (nSPS) is 14.1. The van der Waals surface area contributed by atoms with Crippen molar-refractivity contribution in [3.8, 4) is 0 Å². The van der Waals surface area contributed by atoms with Crippen LogP contribution in [0, 0.1) is 0 Å². The van der Waals surface area contributed by atoms with Gasteiger partial charge in [0.15, 0.2) is 5.96 Å². The number of nitrogens with zero attached hydrogens (tertiary/aromatic N) is 1. The van der Waals surface area contributed by atoms with Crippen LogP contribution in [-0.4, -0.2) is 94.3 Å². The van der Waals surface area contributed by atoms with E-state index in [1.54, 1.807) is 0 Å². The maximum absolute atomic E-state index is 12.6. The van der Waals surface area contributed by atoms with E-state index in [0.29, 0.717) is 12.2 Å². The van der Waals surface area contributed by atoms with E-state index in [4.69, 9.17) is 22.3 Å². The van der Waals surface area contributed by atoms with E-state index < -0.39 is 60.2 Å². The number of carbonyl (C=O) groups excluding carboxylic acids is 3. The molecule has 4 unspecified atom stereocenters. The molecule has 0 spiro atoms. The van der Waals surface area contributed by atoms with Crippen LogP contribution in [0.3, 0.4) is 0 Å². The summed E-state index contributed by atoms with van der Waals surface area (Å²) < 4.78 is 0. The minimum Gasteiger partial charge on any atom is -0.481 e. The maximum Gasteiger partial charge on any atom is 0.326 e. The number of carbonyl (C=O) groups is 5. The number of carboxylic acid groups (broad SMARTS) is 2. The number of hydrogen-bond donors (Lipinski definition) is 9. The van der Waals surface area contributed by atoms with Gasteiger partial charge < -0.3 is 43.4 Å². The number of aliphatic carboxylic acids is 2. The molecule has 0 bridgehead atoms. The summed E-state index contributed by atoms with van der Waals surface area (Å²) in [7, 11) is 0. The summed E-state index contributed by atoms with van der Waals surface area (Å²) in [6.45, 7) is 0.157. The van der Waals surface area contributed by atoms with Gasteiger partial charge in [0.2, 0.25) is 17.7 Å². The molecule has 0 aromatic rings. The van der Waals surface area contributed by atoms with Gasteiger partial charge in [-0.15, -0.1) is 0 Å². The molecule has 0 saturated heterocycles. The average molecular weight is 524 g/mol. The lowest BCUT2D eigenvalue weighted by Gasteiger charge is -2.23. The van der Waals surface area contributed by atoms with E-state index in [-0.39, 0.29) is 31.1 Å². The Morgan fingerprint density at radius 3 is 2.00 bits per heavy atom. The molecule has 0 heterocycles. The van der Waals surface area contributed by atoms with Crippen LogP contribution < -0.4 is 33.2 Å². The number of guanidine groups is 1. The second kappa shape index (κ2) is 16.8. The smallest absolute Gasteiger partial charge is 0.326 e.